The summed E-state index contributed by atoms with van der Waals surface area (Å²) < 4.78 is 5.33. The van der Waals surface area contributed by atoms with Gasteiger partial charge in [0.2, 0.25) is 0 Å². The van der Waals surface area contributed by atoms with Gasteiger partial charge in [-0.3, -0.25) is 9.88 Å². The van der Waals surface area contributed by atoms with Crippen molar-refractivity contribution in [2.24, 2.45) is 0 Å². The van der Waals surface area contributed by atoms with Crippen LogP contribution in [-0.4, -0.2) is 58.6 Å². The fourth-order valence-electron chi connectivity index (χ4n) is 2.48. The summed E-state index contributed by atoms with van der Waals surface area (Å²) in [5.74, 6) is -1.19. The molecule has 126 valence electrons. The fourth-order valence-corrected chi connectivity index (χ4v) is 2.48. The van der Waals surface area contributed by atoms with E-state index < -0.39 is 17.6 Å². The number of hydrogen-bond donors (Lipinski definition) is 0. The van der Waals surface area contributed by atoms with Gasteiger partial charge >= 0.3 is 6.09 Å². The Balaban J connectivity index is 2.00. The molecule has 1 unspecified atom stereocenters. The standard InChI is InChI=1S/C16H23N3O4/c1-16(2,3)23-15(22)19-10-8-18(9-11-19)13(14(20)21)12-6-4-5-7-17-12/h4-7,13H,8-11H2,1-3H3,(H,20,21)/p-1. The van der Waals surface area contributed by atoms with Gasteiger partial charge in [0.05, 0.1) is 17.7 Å². The molecule has 0 radical (unpaired) electrons. The average Bonchev–Trinajstić information content (AvgIpc) is 2.47. The van der Waals surface area contributed by atoms with Crippen molar-refractivity contribution in [2.45, 2.75) is 32.4 Å². The number of carbonyl (C=O) groups is 2. The average molecular weight is 320 g/mol. The minimum absolute atomic E-state index is 0.375. The van der Waals surface area contributed by atoms with E-state index >= 15 is 0 Å². The number of rotatable bonds is 3. The number of aliphatic carboxylic acids is 1. The van der Waals surface area contributed by atoms with Crippen LogP contribution in [0.4, 0.5) is 4.79 Å². The van der Waals surface area contributed by atoms with E-state index in [9.17, 15) is 14.7 Å². The minimum atomic E-state index is -1.19. The third-order valence-electron chi connectivity index (χ3n) is 3.52. The van der Waals surface area contributed by atoms with Crippen molar-refractivity contribution in [1.82, 2.24) is 14.8 Å². The maximum Gasteiger partial charge on any atom is 0.410 e. The molecule has 1 fully saturated rings. The van der Waals surface area contributed by atoms with Crippen molar-refractivity contribution in [1.29, 1.82) is 0 Å². The summed E-state index contributed by atoms with van der Waals surface area (Å²) >= 11 is 0. The lowest BCUT2D eigenvalue weighted by Crippen LogP contribution is -2.53. The van der Waals surface area contributed by atoms with Crippen LogP contribution in [-0.2, 0) is 9.53 Å². The van der Waals surface area contributed by atoms with E-state index in [-0.39, 0.29) is 6.09 Å². The Kier molecular flexibility index (Phi) is 5.20. The van der Waals surface area contributed by atoms with Crippen LogP contribution in [0.3, 0.4) is 0 Å². The molecule has 0 aliphatic carbocycles. The molecular weight excluding hydrogens is 298 g/mol. The third-order valence-corrected chi connectivity index (χ3v) is 3.52. The Bertz CT molecular complexity index is 548. The van der Waals surface area contributed by atoms with E-state index in [1.54, 1.807) is 34.2 Å². The van der Waals surface area contributed by atoms with Crippen molar-refractivity contribution in [3.05, 3.63) is 30.1 Å². The molecule has 1 amide bonds. The molecule has 2 heterocycles. The predicted molar refractivity (Wildman–Crippen MR) is 81.4 cm³/mol. The Hall–Kier alpha value is -2.15. The van der Waals surface area contributed by atoms with Gasteiger partial charge < -0.3 is 19.5 Å². The number of carbonyl (C=O) groups excluding carboxylic acids is 2. The summed E-state index contributed by atoms with van der Waals surface area (Å²) in [5.41, 5.74) is -0.103. The molecule has 1 aliphatic rings. The summed E-state index contributed by atoms with van der Waals surface area (Å²) in [6, 6.07) is 4.24. The Morgan fingerprint density at radius 1 is 1.22 bits per heavy atom. The van der Waals surface area contributed by atoms with Crippen LogP contribution < -0.4 is 5.11 Å². The molecule has 1 saturated heterocycles. The molecule has 0 spiro atoms. The maximum absolute atomic E-state index is 12.0. The Labute approximate surface area is 135 Å². The number of carboxylic acid groups (broad SMARTS) is 1. The lowest BCUT2D eigenvalue weighted by molar-refractivity contribution is -0.312. The normalized spacial score (nSPS) is 17.6. The number of piperazine rings is 1. The molecule has 23 heavy (non-hydrogen) atoms. The van der Waals surface area contributed by atoms with Gasteiger partial charge in [-0.2, -0.15) is 0 Å². The molecule has 1 atom stereocenters. The fraction of sp³-hybridized carbons (Fsp3) is 0.562. The molecule has 0 N–H and O–H groups in total. The summed E-state index contributed by atoms with van der Waals surface area (Å²) in [6.07, 6.45) is 1.18. The van der Waals surface area contributed by atoms with Crippen LogP contribution in [0, 0.1) is 0 Å². The smallest absolute Gasteiger partial charge is 0.410 e. The van der Waals surface area contributed by atoms with E-state index in [1.807, 2.05) is 20.8 Å². The van der Waals surface area contributed by atoms with Crippen molar-refractivity contribution < 1.29 is 19.4 Å². The molecule has 1 aromatic heterocycles. The number of amides is 1. The largest absolute Gasteiger partial charge is 0.548 e. The number of hydrogen-bond acceptors (Lipinski definition) is 6. The topological polar surface area (TPSA) is 85.8 Å². The number of nitrogens with zero attached hydrogens (tertiary/aromatic N) is 3. The molecule has 7 nitrogen and oxygen atoms in total. The van der Waals surface area contributed by atoms with E-state index in [4.69, 9.17) is 4.74 Å². The van der Waals surface area contributed by atoms with Crippen LogP contribution in [0.25, 0.3) is 0 Å². The van der Waals surface area contributed by atoms with Gasteiger partial charge in [0.15, 0.2) is 0 Å². The zero-order chi connectivity index (χ0) is 17.0. The first-order valence-electron chi connectivity index (χ1n) is 7.62. The van der Waals surface area contributed by atoms with Crippen molar-refractivity contribution in [3.8, 4) is 0 Å². The van der Waals surface area contributed by atoms with Crippen molar-refractivity contribution in [2.75, 3.05) is 26.2 Å². The third kappa shape index (κ3) is 4.66. The second-order valence-corrected chi connectivity index (χ2v) is 6.48. The number of ether oxygens (including phenoxy) is 1. The number of carboxylic acids is 1. The molecule has 2 rings (SSSR count). The SMILES string of the molecule is CC(C)(C)OC(=O)N1CCN(C(C(=O)[O-])c2ccccn2)CC1. The highest BCUT2D eigenvalue weighted by atomic mass is 16.6. The first kappa shape index (κ1) is 17.2. The summed E-state index contributed by atoms with van der Waals surface area (Å²) in [6.45, 7) is 7.11. The van der Waals surface area contributed by atoms with E-state index in [1.165, 1.54) is 0 Å². The van der Waals surface area contributed by atoms with Crippen LogP contribution in [0.1, 0.15) is 32.5 Å². The van der Waals surface area contributed by atoms with Gasteiger partial charge in [-0.1, -0.05) is 6.07 Å². The van der Waals surface area contributed by atoms with Gasteiger partial charge in [-0.05, 0) is 32.9 Å². The van der Waals surface area contributed by atoms with E-state index in [2.05, 4.69) is 4.98 Å². The number of pyridine rings is 1. The van der Waals surface area contributed by atoms with Crippen LogP contribution in [0.2, 0.25) is 0 Å². The predicted octanol–water partition coefficient (Wildman–Crippen LogP) is 0.425. The molecule has 1 aromatic rings. The first-order valence-corrected chi connectivity index (χ1v) is 7.62. The van der Waals surface area contributed by atoms with Gasteiger partial charge in [-0.25, -0.2) is 4.79 Å². The second kappa shape index (κ2) is 6.95. The summed E-state index contributed by atoms with van der Waals surface area (Å²) in [5, 5.41) is 11.5. The zero-order valence-electron chi connectivity index (χ0n) is 13.7. The lowest BCUT2D eigenvalue weighted by Gasteiger charge is -2.39. The maximum atomic E-state index is 12.0. The van der Waals surface area contributed by atoms with Gasteiger partial charge in [0.25, 0.3) is 0 Å². The molecule has 1 aliphatic heterocycles. The Morgan fingerprint density at radius 3 is 2.35 bits per heavy atom. The summed E-state index contributed by atoms with van der Waals surface area (Å²) in [4.78, 5) is 31.0. The highest BCUT2D eigenvalue weighted by molar-refractivity contribution is 5.73. The van der Waals surface area contributed by atoms with Gasteiger partial charge in [-0.15, -0.1) is 0 Å². The molecule has 0 bridgehead atoms. The van der Waals surface area contributed by atoms with Crippen molar-refractivity contribution in [3.63, 3.8) is 0 Å². The molecular formula is C16H22N3O4-. The second-order valence-electron chi connectivity index (χ2n) is 6.48. The monoisotopic (exact) mass is 320 g/mol. The van der Waals surface area contributed by atoms with Crippen LogP contribution >= 0.6 is 0 Å². The van der Waals surface area contributed by atoms with E-state index in [0.717, 1.165) is 0 Å². The van der Waals surface area contributed by atoms with Crippen LogP contribution in [0.15, 0.2) is 24.4 Å². The molecule has 0 saturated carbocycles. The van der Waals surface area contributed by atoms with E-state index in [0.29, 0.717) is 31.9 Å². The Morgan fingerprint density at radius 2 is 1.87 bits per heavy atom. The minimum Gasteiger partial charge on any atom is -0.548 e. The van der Waals surface area contributed by atoms with Crippen molar-refractivity contribution >= 4 is 12.1 Å². The number of aromatic nitrogens is 1. The zero-order valence-corrected chi connectivity index (χ0v) is 13.7. The molecule has 7 heteroatoms. The first-order chi connectivity index (χ1) is 10.8. The lowest BCUT2D eigenvalue weighted by atomic mass is 10.1. The molecule has 0 aromatic carbocycles. The highest BCUT2D eigenvalue weighted by Gasteiger charge is 2.30. The van der Waals surface area contributed by atoms with Crippen LogP contribution in [0.5, 0.6) is 0 Å². The van der Waals surface area contributed by atoms with Gasteiger partial charge in [0, 0.05) is 32.4 Å². The summed E-state index contributed by atoms with van der Waals surface area (Å²) in [7, 11) is 0. The van der Waals surface area contributed by atoms with Gasteiger partial charge in [0.1, 0.15) is 5.60 Å². The quantitative estimate of drug-likeness (QED) is 0.802. The highest BCUT2D eigenvalue weighted by Crippen LogP contribution is 2.20.